The standard InChI is InChI=1S/C19H28Cl2O4S/c1-26(24,25)17-13-11-16(12-14-17)10-8-6-4-2-3-5-7-9-15-19(20,21)18(22)23/h11-14H,2-10,15H2,1H3,(H,22,23). The van der Waals surface area contributed by atoms with Crippen LogP contribution in [-0.2, 0) is 21.1 Å². The van der Waals surface area contributed by atoms with E-state index in [0.29, 0.717) is 4.90 Å². The second-order valence-electron chi connectivity index (χ2n) is 6.75. The zero-order valence-electron chi connectivity index (χ0n) is 15.2. The number of hydrogen-bond donors (Lipinski definition) is 1. The Morgan fingerprint density at radius 2 is 1.38 bits per heavy atom. The van der Waals surface area contributed by atoms with E-state index in [1.165, 1.54) is 24.7 Å². The third kappa shape index (κ3) is 9.24. The fourth-order valence-corrected chi connectivity index (χ4v) is 3.64. The van der Waals surface area contributed by atoms with Crippen LogP contribution in [0.25, 0.3) is 0 Å². The molecule has 0 fully saturated rings. The molecule has 7 heteroatoms. The van der Waals surface area contributed by atoms with E-state index in [2.05, 4.69) is 0 Å². The number of hydrogen-bond acceptors (Lipinski definition) is 3. The van der Waals surface area contributed by atoms with E-state index >= 15 is 0 Å². The summed E-state index contributed by atoms with van der Waals surface area (Å²) in [4.78, 5) is 11.1. The smallest absolute Gasteiger partial charge is 0.340 e. The molecule has 0 atom stereocenters. The maximum atomic E-state index is 11.4. The van der Waals surface area contributed by atoms with Crippen LogP contribution in [0.5, 0.6) is 0 Å². The minimum Gasteiger partial charge on any atom is -0.479 e. The van der Waals surface area contributed by atoms with Crippen LogP contribution >= 0.6 is 23.2 Å². The van der Waals surface area contributed by atoms with E-state index in [-0.39, 0.29) is 6.42 Å². The van der Waals surface area contributed by atoms with Gasteiger partial charge in [0.1, 0.15) is 0 Å². The molecule has 4 nitrogen and oxygen atoms in total. The van der Waals surface area contributed by atoms with Crippen molar-refractivity contribution < 1.29 is 18.3 Å². The molecule has 1 aromatic carbocycles. The molecule has 148 valence electrons. The highest BCUT2D eigenvalue weighted by atomic mass is 35.5. The van der Waals surface area contributed by atoms with Crippen LogP contribution in [0.2, 0.25) is 0 Å². The van der Waals surface area contributed by atoms with Gasteiger partial charge in [-0.05, 0) is 43.4 Å². The van der Waals surface area contributed by atoms with Gasteiger partial charge in [-0.15, -0.1) is 0 Å². The van der Waals surface area contributed by atoms with Crippen molar-refractivity contribution >= 4 is 39.0 Å². The molecule has 0 spiro atoms. The highest BCUT2D eigenvalue weighted by Gasteiger charge is 2.32. The van der Waals surface area contributed by atoms with E-state index in [4.69, 9.17) is 28.3 Å². The first-order chi connectivity index (χ1) is 12.1. The van der Waals surface area contributed by atoms with Gasteiger partial charge in [0.05, 0.1) is 4.90 Å². The lowest BCUT2D eigenvalue weighted by Gasteiger charge is -2.13. The number of carboxylic acid groups (broad SMARTS) is 1. The number of unbranched alkanes of at least 4 members (excludes halogenated alkanes) is 7. The molecule has 0 bridgehead atoms. The summed E-state index contributed by atoms with van der Waals surface area (Å²) in [6.45, 7) is 0. The third-order valence-corrected chi connectivity index (χ3v) is 6.20. The monoisotopic (exact) mass is 422 g/mol. The van der Waals surface area contributed by atoms with E-state index in [1.54, 1.807) is 12.1 Å². The van der Waals surface area contributed by atoms with Gasteiger partial charge in [0.15, 0.2) is 9.84 Å². The highest BCUT2D eigenvalue weighted by Crippen LogP contribution is 2.28. The first-order valence-electron chi connectivity index (χ1n) is 9.03. The lowest BCUT2D eigenvalue weighted by atomic mass is 10.0. The number of aliphatic carboxylic acids is 1. The van der Waals surface area contributed by atoms with E-state index < -0.39 is 20.1 Å². The molecule has 0 saturated heterocycles. The molecule has 1 rings (SSSR count). The predicted octanol–water partition coefficient (Wildman–Crippen LogP) is 5.40. The van der Waals surface area contributed by atoms with Crippen LogP contribution in [-0.4, -0.2) is 30.1 Å². The zero-order chi connectivity index (χ0) is 19.6. The van der Waals surface area contributed by atoms with Crippen LogP contribution in [0.15, 0.2) is 29.2 Å². The predicted molar refractivity (Wildman–Crippen MR) is 107 cm³/mol. The largest absolute Gasteiger partial charge is 0.479 e. The van der Waals surface area contributed by atoms with Crippen LogP contribution in [0.1, 0.15) is 63.4 Å². The summed E-state index contributed by atoms with van der Waals surface area (Å²) < 4.78 is 21.2. The summed E-state index contributed by atoms with van der Waals surface area (Å²) in [6, 6.07) is 7.12. The minimum absolute atomic E-state index is 0.281. The van der Waals surface area contributed by atoms with Crippen molar-refractivity contribution in [3.63, 3.8) is 0 Å². The van der Waals surface area contributed by atoms with Crippen molar-refractivity contribution in [2.24, 2.45) is 0 Å². The maximum Gasteiger partial charge on any atom is 0.340 e. The average molecular weight is 423 g/mol. The molecule has 0 amide bonds. The van der Waals surface area contributed by atoms with Crippen molar-refractivity contribution in [3.05, 3.63) is 29.8 Å². The van der Waals surface area contributed by atoms with Crippen LogP contribution in [0.4, 0.5) is 0 Å². The third-order valence-electron chi connectivity index (χ3n) is 4.37. The van der Waals surface area contributed by atoms with Crippen molar-refractivity contribution in [1.29, 1.82) is 0 Å². The first kappa shape index (κ1) is 23.3. The molecule has 0 heterocycles. The van der Waals surface area contributed by atoms with Gasteiger partial charge in [-0.25, -0.2) is 13.2 Å². The number of carboxylic acids is 1. The topological polar surface area (TPSA) is 71.4 Å². The Kier molecular flexibility index (Phi) is 9.98. The molecule has 1 aromatic rings. The molecule has 0 aliphatic rings. The van der Waals surface area contributed by atoms with Gasteiger partial charge in [0.2, 0.25) is 4.33 Å². The average Bonchev–Trinajstić information content (AvgIpc) is 2.56. The minimum atomic E-state index is -3.12. The summed E-state index contributed by atoms with van der Waals surface area (Å²) in [5.74, 6) is -1.17. The van der Waals surface area contributed by atoms with Gasteiger partial charge in [-0.1, -0.05) is 73.9 Å². The van der Waals surface area contributed by atoms with Crippen LogP contribution in [0, 0.1) is 0 Å². The fraction of sp³-hybridized carbons (Fsp3) is 0.632. The van der Waals surface area contributed by atoms with Crippen molar-refractivity contribution in [3.8, 4) is 0 Å². The Labute approximate surface area is 166 Å². The number of halogens is 2. The highest BCUT2D eigenvalue weighted by molar-refractivity contribution is 7.90. The number of alkyl halides is 2. The zero-order valence-corrected chi connectivity index (χ0v) is 17.5. The van der Waals surface area contributed by atoms with Crippen molar-refractivity contribution in [2.45, 2.75) is 73.4 Å². The second-order valence-corrected chi connectivity index (χ2v) is 10.3. The molecule has 0 saturated carbocycles. The normalized spacial score (nSPS) is 12.3. The Hall–Kier alpha value is -0.780. The second kappa shape index (κ2) is 11.2. The number of benzene rings is 1. The van der Waals surface area contributed by atoms with E-state index in [1.807, 2.05) is 12.1 Å². The van der Waals surface area contributed by atoms with Gasteiger partial charge in [0, 0.05) is 6.26 Å². The quantitative estimate of drug-likeness (QED) is 0.341. The lowest BCUT2D eigenvalue weighted by molar-refractivity contribution is -0.138. The Morgan fingerprint density at radius 3 is 1.85 bits per heavy atom. The number of sulfone groups is 1. The molecular weight excluding hydrogens is 395 g/mol. The first-order valence-corrected chi connectivity index (χ1v) is 11.7. The number of rotatable bonds is 13. The van der Waals surface area contributed by atoms with E-state index in [9.17, 15) is 13.2 Å². The van der Waals surface area contributed by atoms with Gasteiger partial charge in [-0.2, -0.15) is 0 Å². The Balaban J connectivity index is 2.04. The number of carbonyl (C=O) groups is 1. The lowest BCUT2D eigenvalue weighted by Crippen LogP contribution is -2.25. The summed E-state index contributed by atoms with van der Waals surface area (Å²) in [7, 11) is -3.12. The SMILES string of the molecule is CS(=O)(=O)c1ccc(CCCCCCCCCCC(Cl)(Cl)C(=O)O)cc1. The fourth-order valence-electron chi connectivity index (χ4n) is 2.75. The maximum absolute atomic E-state index is 11.4. The van der Waals surface area contributed by atoms with Gasteiger partial charge >= 0.3 is 5.97 Å². The van der Waals surface area contributed by atoms with Gasteiger partial charge < -0.3 is 5.11 Å². The molecule has 26 heavy (non-hydrogen) atoms. The molecule has 1 N–H and O–H groups in total. The van der Waals surface area contributed by atoms with Crippen molar-refractivity contribution in [1.82, 2.24) is 0 Å². The molecule has 0 aliphatic carbocycles. The van der Waals surface area contributed by atoms with Gasteiger partial charge in [-0.3, -0.25) is 0 Å². The molecule has 0 aliphatic heterocycles. The summed E-state index contributed by atoms with van der Waals surface area (Å²) in [6.07, 6.45) is 10.9. The molecular formula is C19H28Cl2O4S. The van der Waals surface area contributed by atoms with Gasteiger partial charge in [0.25, 0.3) is 0 Å². The molecule has 0 unspecified atom stereocenters. The summed E-state index contributed by atoms with van der Waals surface area (Å²) >= 11 is 11.4. The molecule has 0 radical (unpaired) electrons. The summed E-state index contributed by atoms with van der Waals surface area (Å²) in [5.41, 5.74) is 1.17. The molecule has 0 aromatic heterocycles. The van der Waals surface area contributed by atoms with Crippen LogP contribution in [0.3, 0.4) is 0 Å². The number of aryl methyl sites for hydroxylation is 1. The van der Waals surface area contributed by atoms with Crippen LogP contribution < -0.4 is 0 Å². The Morgan fingerprint density at radius 1 is 0.923 bits per heavy atom. The summed E-state index contributed by atoms with van der Waals surface area (Å²) in [5, 5.41) is 8.81. The van der Waals surface area contributed by atoms with E-state index in [0.717, 1.165) is 44.9 Å². The van der Waals surface area contributed by atoms with Crippen molar-refractivity contribution in [2.75, 3.05) is 6.26 Å². The Bertz CT molecular complexity index is 655.